The van der Waals surface area contributed by atoms with Gasteiger partial charge in [0, 0.05) is 24.2 Å². The smallest absolute Gasteiger partial charge is 0.321 e. The van der Waals surface area contributed by atoms with Gasteiger partial charge in [-0.05, 0) is 42.7 Å². The first kappa shape index (κ1) is 22.1. The second-order valence-corrected chi connectivity index (χ2v) is 9.49. The van der Waals surface area contributed by atoms with Crippen molar-refractivity contribution in [1.82, 2.24) is 4.90 Å². The van der Waals surface area contributed by atoms with Crippen molar-refractivity contribution in [3.05, 3.63) is 94.5 Å². The molecule has 170 valence electrons. The number of piperidine rings is 1. The highest BCUT2D eigenvalue weighted by molar-refractivity contribution is 6.39. The van der Waals surface area contributed by atoms with Gasteiger partial charge in [0.1, 0.15) is 6.23 Å². The van der Waals surface area contributed by atoms with E-state index in [-0.39, 0.29) is 17.5 Å². The Bertz CT molecular complexity index is 1110. The fraction of sp³-hybridized carbons (Fsp3) is 0.269. The summed E-state index contributed by atoms with van der Waals surface area (Å²) in [6, 6.07) is 25.3. The molecule has 0 aromatic heterocycles. The van der Waals surface area contributed by atoms with E-state index in [1.807, 2.05) is 48.5 Å². The zero-order valence-corrected chi connectivity index (χ0v) is 19.5. The van der Waals surface area contributed by atoms with Gasteiger partial charge < -0.3 is 20.2 Å². The maximum Gasteiger partial charge on any atom is 0.321 e. The van der Waals surface area contributed by atoms with E-state index in [0.29, 0.717) is 41.7 Å². The second-order valence-electron chi connectivity index (χ2n) is 8.68. The van der Waals surface area contributed by atoms with Crippen LogP contribution >= 0.6 is 23.2 Å². The predicted octanol–water partition coefficient (Wildman–Crippen LogP) is 6.19. The van der Waals surface area contributed by atoms with Gasteiger partial charge in [0.05, 0.1) is 21.8 Å². The number of hydrogen-bond acceptors (Lipinski definition) is 3. The minimum Gasteiger partial charge on any atom is -0.373 e. The van der Waals surface area contributed by atoms with Gasteiger partial charge in [0.25, 0.3) is 0 Å². The van der Waals surface area contributed by atoms with Crippen LogP contribution in [-0.4, -0.2) is 35.4 Å². The minimum atomic E-state index is -0.617. The quantitative estimate of drug-likeness (QED) is 0.468. The van der Waals surface area contributed by atoms with E-state index in [1.165, 1.54) is 5.56 Å². The molecule has 2 heterocycles. The van der Waals surface area contributed by atoms with Crippen molar-refractivity contribution < 1.29 is 9.90 Å². The monoisotopic (exact) mass is 481 g/mol. The number of aliphatic hydroxyl groups is 1. The highest BCUT2D eigenvalue weighted by Crippen LogP contribution is 2.59. The molecule has 2 saturated heterocycles. The largest absolute Gasteiger partial charge is 0.373 e. The highest BCUT2D eigenvalue weighted by Gasteiger charge is 2.61. The lowest BCUT2D eigenvalue weighted by molar-refractivity contribution is -0.111. The zero-order valence-electron chi connectivity index (χ0n) is 18.0. The predicted molar refractivity (Wildman–Crippen MR) is 133 cm³/mol. The molecule has 0 aliphatic carbocycles. The summed E-state index contributed by atoms with van der Waals surface area (Å²) in [5.74, 6) is 0. The van der Waals surface area contributed by atoms with Gasteiger partial charge in [-0.3, -0.25) is 0 Å². The molecule has 3 aromatic rings. The standard InChI is InChI=1S/C26H25Cl2N3O2/c27-20-12-7-13-21(28)22(20)29-25(33)30-16-14-26(15-17-30)23(18-8-3-1-4-9-18)31(24(26)32)19-10-5-2-6-11-19/h1-13,23-24,32H,14-17H2,(H,29,33). The van der Waals surface area contributed by atoms with E-state index in [0.717, 1.165) is 5.69 Å². The Kier molecular flexibility index (Phi) is 5.95. The molecular formula is C26H25Cl2N3O2. The van der Waals surface area contributed by atoms with Gasteiger partial charge in [-0.2, -0.15) is 0 Å². The number of anilines is 2. The molecule has 0 bridgehead atoms. The number of urea groups is 1. The van der Waals surface area contributed by atoms with Crippen molar-refractivity contribution >= 4 is 40.6 Å². The molecule has 2 amide bonds. The number of nitrogens with zero attached hydrogens (tertiary/aromatic N) is 2. The first-order chi connectivity index (χ1) is 16.0. The summed E-state index contributed by atoms with van der Waals surface area (Å²) in [4.78, 5) is 16.8. The maximum atomic E-state index is 12.9. The number of hydrogen-bond donors (Lipinski definition) is 2. The Morgan fingerprint density at radius 3 is 2.06 bits per heavy atom. The molecule has 5 nitrogen and oxygen atoms in total. The molecule has 0 radical (unpaired) electrons. The third-order valence-corrected chi connectivity index (χ3v) is 7.58. The van der Waals surface area contributed by atoms with Crippen LogP contribution in [0.4, 0.5) is 16.2 Å². The molecule has 33 heavy (non-hydrogen) atoms. The number of aliphatic hydroxyl groups excluding tert-OH is 1. The van der Waals surface area contributed by atoms with Crippen LogP contribution in [0.25, 0.3) is 0 Å². The fourth-order valence-electron chi connectivity index (χ4n) is 5.23. The van der Waals surface area contributed by atoms with E-state index in [2.05, 4.69) is 22.3 Å². The molecule has 2 atom stereocenters. The zero-order chi connectivity index (χ0) is 23.0. The average molecular weight is 482 g/mol. The lowest BCUT2D eigenvalue weighted by Crippen LogP contribution is -2.69. The average Bonchev–Trinajstić information content (AvgIpc) is 2.85. The number of amides is 2. The van der Waals surface area contributed by atoms with Crippen LogP contribution in [0.5, 0.6) is 0 Å². The SMILES string of the molecule is O=C(Nc1c(Cl)cccc1Cl)N1CCC2(CC1)C(O)N(c1ccccc1)C2c1ccccc1. The second kappa shape index (κ2) is 8.90. The molecule has 0 saturated carbocycles. The summed E-state index contributed by atoms with van der Waals surface area (Å²) in [7, 11) is 0. The summed E-state index contributed by atoms with van der Waals surface area (Å²) in [6.45, 7) is 1.08. The Morgan fingerprint density at radius 2 is 1.45 bits per heavy atom. The van der Waals surface area contributed by atoms with Crippen LogP contribution < -0.4 is 10.2 Å². The Labute approximate surface area is 203 Å². The van der Waals surface area contributed by atoms with Gasteiger partial charge in [0.15, 0.2) is 0 Å². The number of para-hydroxylation sites is 2. The summed E-state index contributed by atoms with van der Waals surface area (Å²) in [6.07, 6.45) is 0.773. The number of nitrogens with one attached hydrogen (secondary N) is 1. The van der Waals surface area contributed by atoms with Crippen LogP contribution in [0.2, 0.25) is 10.0 Å². The third-order valence-electron chi connectivity index (χ3n) is 6.95. The van der Waals surface area contributed by atoms with Crippen LogP contribution in [-0.2, 0) is 0 Å². The minimum absolute atomic E-state index is 0.0410. The van der Waals surface area contributed by atoms with Crippen LogP contribution in [0.15, 0.2) is 78.9 Å². The molecule has 2 N–H and O–H groups in total. The van der Waals surface area contributed by atoms with Crippen molar-refractivity contribution in [2.24, 2.45) is 5.41 Å². The van der Waals surface area contributed by atoms with Crippen molar-refractivity contribution in [3.8, 4) is 0 Å². The van der Waals surface area contributed by atoms with Gasteiger partial charge in [-0.1, -0.05) is 77.8 Å². The van der Waals surface area contributed by atoms with E-state index in [1.54, 1.807) is 23.1 Å². The van der Waals surface area contributed by atoms with E-state index < -0.39 is 6.23 Å². The van der Waals surface area contributed by atoms with Gasteiger partial charge in [-0.15, -0.1) is 0 Å². The molecule has 2 unspecified atom stereocenters. The maximum absolute atomic E-state index is 12.9. The fourth-order valence-corrected chi connectivity index (χ4v) is 5.73. The molecule has 2 aliphatic rings. The number of rotatable bonds is 3. The lowest BCUT2D eigenvalue weighted by atomic mass is 9.61. The van der Waals surface area contributed by atoms with E-state index in [9.17, 15) is 9.90 Å². The molecule has 1 spiro atoms. The van der Waals surface area contributed by atoms with E-state index in [4.69, 9.17) is 23.2 Å². The van der Waals surface area contributed by atoms with Crippen molar-refractivity contribution in [3.63, 3.8) is 0 Å². The van der Waals surface area contributed by atoms with E-state index >= 15 is 0 Å². The molecule has 5 rings (SSSR count). The number of carbonyl (C=O) groups is 1. The van der Waals surface area contributed by atoms with Gasteiger partial charge in [-0.25, -0.2) is 4.79 Å². The van der Waals surface area contributed by atoms with Crippen LogP contribution in [0, 0.1) is 5.41 Å². The molecule has 3 aromatic carbocycles. The van der Waals surface area contributed by atoms with Crippen LogP contribution in [0.1, 0.15) is 24.4 Å². The van der Waals surface area contributed by atoms with Gasteiger partial charge >= 0.3 is 6.03 Å². The first-order valence-corrected chi connectivity index (χ1v) is 11.8. The molecular weight excluding hydrogens is 457 g/mol. The highest BCUT2D eigenvalue weighted by atomic mass is 35.5. The lowest BCUT2D eigenvalue weighted by Gasteiger charge is -2.64. The summed E-state index contributed by atoms with van der Waals surface area (Å²) in [5.41, 5.74) is 2.27. The summed E-state index contributed by atoms with van der Waals surface area (Å²) in [5, 5.41) is 15.0. The van der Waals surface area contributed by atoms with Crippen molar-refractivity contribution in [1.29, 1.82) is 0 Å². The topological polar surface area (TPSA) is 55.8 Å². The Morgan fingerprint density at radius 1 is 0.879 bits per heavy atom. The number of halogens is 2. The van der Waals surface area contributed by atoms with Crippen molar-refractivity contribution in [2.45, 2.75) is 25.1 Å². The third kappa shape index (κ3) is 3.84. The number of carbonyl (C=O) groups excluding carboxylic acids is 1. The number of benzene rings is 3. The molecule has 7 heteroatoms. The first-order valence-electron chi connectivity index (χ1n) is 11.1. The molecule has 2 aliphatic heterocycles. The summed E-state index contributed by atoms with van der Waals surface area (Å²) < 4.78 is 0. The Hall–Kier alpha value is -2.73. The van der Waals surface area contributed by atoms with Crippen molar-refractivity contribution in [2.75, 3.05) is 23.3 Å². The van der Waals surface area contributed by atoms with Crippen LogP contribution in [0.3, 0.4) is 0 Å². The Balaban J connectivity index is 1.36. The normalized spacial score (nSPS) is 21.5. The van der Waals surface area contributed by atoms with Gasteiger partial charge in [0.2, 0.25) is 0 Å². The number of likely N-dealkylation sites (tertiary alicyclic amines) is 1. The summed E-state index contributed by atoms with van der Waals surface area (Å²) >= 11 is 12.4. The molecule has 2 fully saturated rings.